The van der Waals surface area contributed by atoms with Gasteiger partial charge in [-0.15, -0.1) is 11.3 Å². The van der Waals surface area contributed by atoms with Crippen molar-refractivity contribution in [3.8, 4) is 0 Å². The van der Waals surface area contributed by atoms with Gasteiger partial charge in [0.15, 0.2) is 5.13 Å². The third kappa shape index (κ3) is 3.81. The predicted octanol–water partition coefficient (Wildman–Crippen LogP) is 2.58. The quantitative estimate of drug-likeness (QED) is 0.688. The van der Waals surface area contributed by atoms with Gasteiger partial charge < -0.3 is 5.32 Å². The van der Waals surface area contributed by atoms with Gasteiger partial charge in [-0.05, 0) is 24.3 Å². The summed E-state index contributed by atoms with van der Waals surface area (Å²) in [6, 6.07) is 5.74. The van der Waals surface area contributed by atoms with Crippen LogP contribution in [0.4, 0.5) is 10.8 Å². The molecule has 1 amide bonds. The highest BCUT2D eigenvalue weighted by Gasteiger charge is 2.18. The second-order valence-corrected chi connectivity index (χ2v) is 7.87. The average Bonchev–Trinajstić information content (AvgIpc) is 3.17. The molecule has 2 aromatic heterocycles. The van der Waals surface area contributed by atoms with Crippen LogP contribution in [0.5, 0.6) is 0 Å². The number of benzene rings is 1. The largest absolute Gasteiger partial charge is 0.321 e. The van der Waals surface area contributed by atoms with Gasteiger partial charge in [-0.25, -0.2) is 13.4 Å². The van der Waals surface area contributed by atoms with Crippen LogP contribution < -0.4 is 10.0 Å². The van der Waals surface area contributed by atoms with Crippen LogP contribution in [0.2, 0.25) is 5.02 Å². The van der Waals surface area contributed by atoms with Crippen molar-refractivity contribution in [2.45, 2.75) is 4.90 Å². The van der Waals surface area contributed by atoms with Crippen molar-refractivity contribution in [1.82, 2.24) is 14.8 Å². The SMILES string of the molecule is Cn1ncc(Cl)c1C(=O)Nc1ccc(S(=O)(=O)Nc2nccs2)cc1. The molecule has 0 atom stereocenters. The lowest BCUT2D eigenvalue weighted by molar-refractivity contribution is 0.101. The summed E-state index contributed by atoms with van der Waals surface area (Å²) in [6.07, 6.45) is 2.88. The van der Waals surface area contributed by atoms with Crippen LogP contribution in [0.25, 0.3) is 0 Å². The first-order valence-corrected chi connectivity index (χ1v) is 9.62. The Kier molecular flexibility index (Phi) is 4.75. The van der Waals surface area contributed by atoms with Gasteiger partial charge in [-0.3, -0.25) is 14.2 Å². The molecule has 2 heterocycles. The summed E-state index contributed by atoms with van der Waals surface area (Å²) in [6.45, 7) is 0. The molecule has 0 spiro atoms. The first-order chi connectivity index (χ1) is 11.9. The van der Waals surface area contributed by atoms with E-state index in [9.17, 15) is 13.2 Å². The van der Waals surface area contributed by atoms with Crippen LogP contribution in [-0.4, -0.2) is 29.1 Å². The summed E-state index contributed by atoms with van der Waals surface area (Å²) in [7, 11) is -2.14. The molecular weight excluding hydrogens is 386 g/mol. The normalized spacial score (nSPS) is 11.3. The number of anilines is 2. The van der Waals surface area contributed by atoms with Gasteiger partial charge in [0.1, 0.15) is 5.69 Å². The van der Waals surface area contributed by atoms with Gasteiger partial charge in [-0.2, -0.15) is 5.10 Å². The van der Waals surface area contributed by atoms with Crippen molar-refractivity contribution in [2.75, 3.05) is 10.0 Å². The Balaban J connectivity index is 1.75. The Morgan fingerprint density at radius 1 is 1.28 bits per heavy atom. The molecular formula is C14H12ClN5O3S2. The van der Waals surface area contributed by atoms with E-state index in [1.54, 1.807) is 12.4 Å². The maximum atomic E-state index is 12.2. The van der Waals surface area contributed by atoms with E-state index in [1.165, 1.54) is 52.7 Å². The summed E-state index contributed by atoms with van der Waals surface area (Å²) in [5, 5.41) is 8.71. The number of nitrogens with zero attached hydrogens (tertiary/aromatic N) is 3. The number of amides is 1. The molecule has 0 aliphatic carbocycles. The molecule has 0 unspecified atom stereocenters. The van der Waals surface area contributed by atoms with Gasteiger partial charge in [0.25, 0.3) is 15.9 Å². The number of thiazole rings is 1. The first-order valence-electron chi connectivity index (χ1n) is 6.88. The van der Waals surface area contributed by atoms with E-state index in [1.807, 2.05) is 0 Å². The summed E-state index contributed by atoms with van der Waals surface area (Å²) in [4.78, 5) is 16.2. The lowest BCUT2D eigenvalue weighted by Crippen LogP contribution is -2.17. The fourth-order valence-electron chi connectivity index (χ4n) is 2.02. The number of nitrogens with one attached hydrogen (secondary N) is 2. The highest BCUT2D eigenvalue weighted by atomic mass is 35.5. The van der Waals surface area contributed by atoms with Crippen LogP contribution in [0.1, 0.15) is 10.5 Å². The van der Waals surface area contributed by atoms with Crippen LogP contribution >= 0.6 is 22.9 Å². The average molecular weight is 398 g/mol. The molecule has 2 N–H and O–H groups in total. The molecule has 0 saturated heterocycles. The Morgan fingerprint density at radius 3 is 2.56 bits per heavy atom. The van der Waals surface area contributed by atoms with Crippen LogP contribution in [0.15, 0.2) is 46.9 Å². The molecule has 0 radical (unpaired) electrons. The minimum atomic E-state index is -3.74. The predicted molar refractivity (Wildman–Crippen MR) is 95.5 cm³/mol. The molecule has 0 aliphatic heterocycles. The van der Waals surface area contributed by atoms with Gasteiger partial charge in [0.2, 0.25) is 0 Å². The number of halogens is 1. The highest BCUT2D eigenvalue weighted by Crippen LogP contribution is 2.21. The van der Waals surface area contributed by atoms with E-state index in [2.05, 4.69) is 20.1 Å². The Hall–Kier alpha value is -2.43. The monoisotopic (exact) mass is 397 g/mol. The fourth-order valence-corrected chi connectivity index (χ4v) is 4.06. The Bertz CT molecular complexity index is 978. The second kappa shape index (κ2) is 6.82. The van der Waals surface area contributed by atoms with Crippen molar-refractivity contribution in [3.05, 3.63) is 52.8 Å². The molecule has 0 bridgehead atoms. The van der Waals surface area contributed by atoms with Crippen LogP contribution in [-0.2, 0) is 17.1 Å². The summed E-state index contributed by atoms with van der Waals surface area (Å²) < 4.78 is 28.2. The van der Waals surface area contributed by atoms with Crippen molar-refractivity contribution in [1.29, 1.82) is 0 Å². The lowest BCUT2D eigenvalue weighted by atomic mass is 10.3. The molecule has 11 heteroatoms. The minimum absolute atomic E-state index is 0.0549. The number of carbonyl (C=O) groups is 1. The molecule has 3 aromatic rings. The van der Waals surface area contributed by atoms with Gasteiger partial charge in [-0.1, -0.05) is 11.6 Å². The molecule has 25 heavy (non-hydrogen) atoms. The molecule has 1 aromatic carbocycles. The second-order valence-electron chi connectivity index (χ2n) is 4.89. The van der Waals surface area contributed by atoms with E-state index in [-0.39, 0.29) is 20.7 Å². The van der Waals surface area contributed by atoms with Crippen molar-refractivity contribution < 1.29 is 13.2 Å². The lowest BCUT2D eigenvalue weighted by Gasteiger charge is -2.08. The van der Waals surface area contributed by atoms with E-state index in [4.69, 9.17) is 11.6 Å². The number of hydrogen-bond donors (Lipinski definition) is 2. The van der Waals surface area contributed by atoms with Crippen molar-refractivity contribution in [3.63, 3.8) is 0 Å². The Morgan fingerprint density at radius 2 is 2.00 bits per heavy atom. The number of sulfonamides is 1. The molecule has 0 saturated carbocycles. The summed E-state index contributed by atoms with van der Waals surface area (Å²) in [5.74, 6) is -0.443. The number of aryl methyl sites for hydroxylation is 1. The van der Waals surface area contributed by atoms with E-state index >= 15 is 0 Å². The highest BCUT2D eigenvalue weighted by molar-refractivity contribution is 7.93. The molecule has 0 fully saturated rings. The smallest absolute Gasteiger partial charge is 0.275 e. The molecule has 0 aliphatic rings. The fraction of sp³-hybridized carbons (Fsp3) is 0.0714. The number of aromatic nitrogens is 3. The van der Waals surface area contributed by atoms with Gasteiger partial charge >= 0.3 is 0 Å². The zero-order valence-electron chi connectivity index (χ0n) is 12.8. The van der Waals surface area contributed by atoms with E-state index < -0.39 is 15.9 Å². The molecule has 3 rings (SSSR count). The van der Waals surface area contributed by atoms with E-state index in [0.29, 0.717) is 5.69 Å². The zero-order valence-corrected chi connectivity index (χ0v) is 15.2. The minimum Gasteiger partial charge on any atom is -0.321 e. The third-order valence-corrected chi connectivity index (χ3v) is 5.63. The van der Waals surface area contributed by atoms with Gasteiger partial charge in [0.05, 0.1) is 16.1 Å². The van der Waals surface area contributed by atoms with Crippen molar-refractivity contribution >= 4 is 49.7 Å². The number of carbonyl (C=O) groups excluding carboxylic acids is 1. The maximum absolute atomic E-state index is 12.2. The zero-order chi connectivity index (χ0) is 18.0. The van der Waals surface area contributed by atoms with Crippen molar-refractivity contribution in [2.24, 2.45) is 7.05 Å². The van der Waals surface area contributed by atoms with Gasteiger partial charge in [0, 0.05) is 24.3 Å². The molecule has 8 nitrogen and oxygen atoms in total. The summed E-state index contributed by atoms with van der Waals surface area (Å²) >= 11 is 7.10. The van der Waals surface area contributed by atoms with E-state index in [0.717, 1.165) is 0 Å². The van der Waals surface area contributed by atoms with Crippen LogP contribution in [0, 0.1) is 0 Å². The molecule has 130 valence electrons. The number of rotatable bonds is 5. The standard InChI is InChI=1S/C14H12ClN5O3S2/c1-20-12(11(15)8-17-20)13(21)18-9-2-4-10(5-3-9)25(22,23)19-14-16-6-7-24-14/h2-8H,1H3,(H,16,19)(H,18,21). The first kappa shape index (κ1) is 17.4. The summed E-state index contributed by atoms with van der Waals surface area (Å²) in [5.41, 5.74) is 0.638. The Labute approximate surface area is 152 Å². The topological polar surface area (TPSA) is 106 Å². The third-order valence-electron chi connectivity index (χ3n) is 3.19. The van der Waals surface area contributed by atoms with Crippen LogP contribution in [0.3, 0.4) is 0 Å². The maximum Gasteiger partial charge on any atom is 0.275 e. The number of hydrogen-bond acceptors (Lipinski definition) is 6.